The van der Waals surface area contributed by atoms with Gasteiger partial charge in [-0.05, 0) is 19.1 Å². The highest BCUT2D eigenvalue weighted by Crippen LogP contribution is 2.23. The van der Waals surface area contributed by atoms with Crippen molar-refractivity contribution >= 4 is 23.4 Å². The fraction of sp³-hybridized carbons (Fsp3) is 0.438. The lowest BCUT2D eigenvalue weighted by molar-refractivity contribution is -0.155. The standard InChI is InChI=1S/C16H21N3O4/c1-3-18-10-11-19(16(22)15(18)21)9-8-14(20)17-12-6-4-5-7-13(12)23-2/h4-7H,3,8-11H2,1-2H3,(H,17,20). The summed E-state index contributed by atoms with van der Waals surface area (Å²) in [6, 6.07) is 7.10. The summed E-state index contributed by atoms with van der Waals surface area (Å²) in [4.78, 5) is 38.7. The molecule has 0 radical (unpaired) electrons. The Morgan fingerprint density at radius 2 is 1.83 bits per heavy atom. The minimum absolute atomic E-state index is 0.128. The predicted molar refractivity (Wildman–Crippen MR) is 85.1 cm³/mol. The van der Waals surface area contributed by atoms with Gasteiger partial charge in [0.1, 0.15) is 5.75 Å². The van der Waals surface area contributed by atoms with Crippen LogP contribution in [0.4, 0.5) is 5.69 Å². The number of nitrogens with zero attached hydrogens (tertiary/aromatic N) is 2. The Kier molecular flexibility index (Phi) is 5.56. The third-order valence-electron chi connectivity index (χ3n) is 3.77. The molecule has 2 rings (SSSR count). The highest BCUT2D eigenvalue weighted by molar-refractivity contribution is 6.35. The fourth-order valence-electron chi connectivity index (χ4n) is 2.43. The van der Waals surface area contributed by atoms with Gasteiger partial charge in [-0.1, -0.05) is 12.1 Å². The zero-order valence-electron chi connectivity index (χ0n) is 13.4. The summed E-state index contributed by atoms with van der Waals surface area (Å²) in [6.45, 7) is 3.55. The fourth-order valence-corrected chi connectivity index (χ4v) is 2.43. The van der Waals surface area contributed by atoms with Crippen molar-refractivity contribution in [3.8, 4) is 5.75 Å². The van der Waals surface area contributed by atoms with E-state index in [0.717, 1.165) is 0 Å². The number of hydrogen-bond acceptors (Lipinski definition) is 4. The summed E-state index contributed by atoms with van der Waals surface area (Å²) in [5.41, 5.74) is 0.582. The molecule has 1 aliphatic heterocycles. The van der Waals surface area contributed by atoms with Gasteiger partial charge in [-0.25, -0.2) is 0 Å². The third-order valence-corrected chi connectivity index (χ3v) is 3.77. The van der Waals surface area contributed by atoms with E-state index in [-0.39, 0.29) is 18.9 Å². The molecule has 1 fully saturated rings. The Morgan fingerprint density at radius 3 is 2.52 bits per heavy atom. The van der Waals surface area contributed by atoms with Gasteiger partial charge in [0.25, 0.3) is 0 Å². The van der Waals surface area contributed by atoms with Crippen molar-refractivity contribution in [2.75, 3.05) is 38.6 Å². The summed E-state index contributed by atoms with van der Waals surface area (Å²) in [5.74, 6) is -0.691. The SMILES string of the molecule is CCN1CCN(CCC(=O)Nc2ccccc2OC)C(=O)C1=O. The van der Waals surface area contributed by atoms with E-state index in [1.165, 1.54) is 16.9 Å². The molecule has 0 aliphatic carbocycles. The molecule has 7 heteroatoms. The molecule has 7 nitrogen and oxygen atoms in total. The van der Waals surface area contributed by atoms with E-state index in [9.17, 15) is 14.4 Å². The molecule has 3 amide bonds. The molecule has 1 aromatic rings. The van der Waals surface area contributed by atoms with Crippen LogP contribution < -0.4 is 10.1 Å². The zero-order chi connectivity index (χ0) is 16.8. The van der Waals surface area contributed by atoms with E-state index in [1.807, 2.05) is 13.0 Å². The van der Waals surface area contributed by atoms with E-state index >= 15 is 0 Å². The van der Waals surface area contributed by atoms with Gasteiger partial charge >= 0.3 is 11.8 Å². The summed E-state index contributed by atoms with van der Waals surface area (Å²) in [5, 5.41) is 2.75. The molecule has 0 atom stereocenters. The molecule has 124 valence electrons. The average Bonchev–Trinajstić information content (AvgIpc) is 2.56. The average molecular weight is 319 g/mol. The highest BCUT2D eigenvalue weighted by atomic mass is 16.5. The molecule has 23 heavy (non-hydrogen) atoms. The lowest BCUT2D eigenvalue weighted by Crippen LogP contribution is -2.54. The minimum atomic E-state index is -0.539. The number of carbonyl (C=O) groups excluding carboxylic acids is 3. The van der Waals surface area contributed by atoms with Gasteiger partial charge in [0.05, 0.1) is 12.8 Å². The smallest absolute Gasteiger partial charge is 0.312 e. The van der Waals surface area contributed by atoms with Crippen molar-refractivity contribution in [3.05, 3.63) is 24.3 Å². The highest BCUT2D eigenvalue weighted by Gasteiger charge is 2.31. The number of rotatable bonds is 6. The van der Waals surface area contributed by atoms with Crippen LogP contribution in [0.25, 0.3) is 0 Å². The first-order valence-electron chi connectivity index (χ1n) is 7.57. The Bertz CT molecular complexity index is 603. The number of carbonyl (C=O) groups is 3. The quantitative estimate of drug-likeness (QED) is 0.784. The lowest BCUT2D eigenvalue weighted by Gasteiger charge is -2.32. The van der Waals surface area contributed by atoms with Crippen LogP contribution in [0.15, 0.2) is 24.3 Å². The Morgan fingerprint density at radius 1 is 1.17 bits per heavy atom. The van der Waals surface area contributed by atoms with Crippen LogP contribution in [-0.4, -0.2) is 60.8 Å². The summed E-state index contributed by atoms with van der Waals surface area (Å²) in [6.07, 6.45) is 0.128. The second-order valence-corrected chi connectivity index (χ2v) is 5.18. The van der Waals surface area contributed by atoms with Crippen LogP contribution in [-0.2, 0) is 14.4 Å². The van der Waals surface area contributed by atoms with E-state index in [2.05, 4.69) is 5.32 Å². The van der Waals surface area contributed by atoms with Gasteiger partial charge in [-0.3, -0.25) is 14.4 Å². The molecule has 0 unspecified atom stereocenters. The molecule has 1 saturated heterocycles. The molecule has 0 spiro atoms. The Labute approximate surface area is 135 Å². The number of piperazine rings is 1. The first-order chi connectivity index (χ1) is 11.1. The number of para-hydroxylation sites is 2. The van der Waals surface area contributed by atoms with Crippen LogP contribution in [0.1, 0.15) is 13.3 Å². The number of nitrogens with one attached hydrogen (secondary N) is 1. The maximum atomic E-state index is 12.0. The van der Waals surface area contributed by atoms with E-state index in [4.69, 9.17) is 4.74 Å². The molecular weight excluding hydrogens is 298 g/mol. The second kappa shape index (κ2) is 7.62. The molecule has 1 heterocycles. The number of ether oxygens (including phenoxy) is 1. The molecule has 1 N–H and O–H groups in total. The zero-order valence-corrected chi connectivity index (χ0v) is 13.4. The molecule has 1 aliphatic rings. The Hall–Kier alpha value is -2.57. The number of anilines is 1. The number of likely N-dealkylation sites (N-methyl/N-ethyl adjacent to an activating group) is 1. The number of hydrogen-bond donors (Lipinski definition) is 1. The largest absolute Gasteiger partial charge is 0.495 e. The number of benzene rings is 1. The molecule has 1 aromatic carbocycles. The van der Waals surface area contributed by atoms with E-state index < -0.39 is 11.8 Å². The first kappa shape index (κ1) is 16.8. The van der Waals surface area contributed by atoms with Crippen LogP contribution in [0.2, 0.25) is 0 Å². The Balaban J connectivity index is 1.87. The monoisotopic (exact) mass is 319 g/mol. The van der Waals surface area contributed by atoms with Crippen molar-refractivity contribution in [2.45, 2.75) is 13.3 Å². The summed E-state index contributed by atoms with van der Waals surface area (Å²) < 4.78 is 5.17. The second-order valence-electron chi connectivity index (χ2n) is 5.18. The van der Waals surface area contributed by atoms with Gasteiger partial charge < -0.3 is 19.9 Å². The number of methoxy groups -OCH3 is 1. The van der Waals surface area contributed by atoms with Crippen molar-refractivity contribution in [1.82, 2.24) is 9.80 Å². The van der Waals surface area contributed by atoms with Crippen LogP contribution in [0, 0.1) is 0 Å². The van der Waals surface area contributed by atoms with Crippen molar-refractivity contribution in [1.29, 1.82) is 0 Å². The van der Waals surface area contributed by atoms with Gasteiger partial charge in [0, 0.05) is 32.6 Å². The van der Waals surface area contributed by atoms with E-state index in [1.54, 1.807) is 18.2 Å². The van der Waals surface area contributed by atoms with Crippen molar-refractivity contribution < 1.29 is 19.1 Å². The predicted octanol–water partition coefficient (Wildman–Crippen LogP) is 0.714. The van der Waals surface area contributed by atoms with Gasteiger partial charge in [0.2, 0.25) is 5.91 Å². The van der Waals surface area contributed by atoms with Crippen LogP contribution in [0.3, 0.4) is 0 Å². The molecule has 0 saturated carbocycles. The lowest BCUT2D eigenvalue weighted by atomic mass is 10.2. The van der Waals surface area contributed by atoms with E-state index in [0.29, 0.717) is 31.1 Å². The van der Waals surface area contributed by atoms with Gasteiger partial charge in [-0.15, -0.1) is 0 Å². The maximum Gasteiger partial charge on any atom is 0.312 e. The third kappa shape index (κ3) is 4.00. The minimum Gasteiger partial charge on any atom is -0.495 e. The molecular formula is C16H21N3O4. The topological polar surface area (TPSA) is 79.0 Å². The van der Waals surface area contributed by atoms with Crippen LogP contribution in [0.5, 0.6) is 5.75 Å². The first-order valence-corrected chi connectivity index (χ1v) is 7.57. The van der Waals surface area contributed by atoms with Crippen molar-refractivity contribution in [3.63, 3.8) is 0 Å². The van der Waals surface area contributed by atoms with Crippen molar-refractivity contribution in [2.24, 2.45) is 0 Å². The number of amides is 3. The van der Waals surface area contributed by atoms with Gasteiger partial charge in [-0.2, -0.15) is 0 Å². The summed E-state index contributed by atoms with van der Waals surface area (Å²) >= 11 is 0. The molecule has 0 aromatic heterocycles. The summed E-state index contributed by atoms with van der Waals surface area (Å²) in [7, 11) is 1.53. The van der Waals surface area contributed by atoms with Gasteiger partial charge in [0.15, 0.2) is 0 Å². The van der Waals surface area contributed by atoms with Crippen LogP contribution >= 0.6 is 0 Å². The normalized spacial score (nSPS) is 14.9. The maximum absolute atomic E-state index is 12.0. The molecule has 0 bridgehead atoms.